The summed E-state index contributed by atoms with van der Waals surface area (Å²) in [5.74, 6) is 0.152. The molecule has 26 heavy (non-hydrogen) atoms. The number of carbonyl (C=O) groups is 1. The van der Waals surface area contributed by atoms with Crippen molar-refractivity contribution in [3.05, 3.63) is 65.9 Å². The number of aromatic nitrogens is 3. The van der Waals surface area contributed by atoms with Crippen molar-refractivity contribution >= 4 is 11.6 Å². The summed E-state index contributed by atoms with van der Waals surface area (Å²) in [5.41, 5.74) is 3.65. The smallest absolute Gasteiger partial charge is 0.226 e. The van der Waals surface area contributed by atoms with E-state index in [2.05, 4.69) is 15.3 Å². The Labute approximate surface area is 151 Å². The maximum atomic E-state index is 12.7. The topological polar surface area (TPSA) is 79.5 Å². The van der Waals surface area contributed by atoms with E-state index >= 15 is 0 Å². The zero-order valence-corrected chi connectivity index (χ0v) is 14.7. The second-order valence-corrected chi connectivity index (χ2v) is 7.00. The van der Waals surface area contributed by atoms with Gasteiger partial charge in [-0.2, -0.15) is 0 Å². The van der Waals surface area contributed by atoms with Crippen molar-refractivity contribution in [1.29, 1.82) is 0 Å². The molecule has 0 radical (unpaired) electrons. The van der Waals surface area contributed by atoms with Crippen LogP contribution in [0, 0.1) is 12.8 Å². The summed E-state index contributed by atoms with van der Waals surface area (Å²) in [6, 6.07) is 9.49. The Balaban J connectivity index is 1.52. The van der Waals surface area contributed by atoms with E-state index < -0.39 is 0 Å². The molecule has 0 aromatic carbocycles. The van der Waals surface area contributed by atoms with Gasteiger partial charge in [-0.3, -0.25) is 9.78 Å². The molecule has 134 valence electrons. The number of rotatable bonds is 5. The number of amides is 1. The zero-order valence-electron chi connectivity index (χ0n) is 14.7. The maximum Gasteiger partial charge on any atom is 0.226 e. The number of aliphatic hydroxyl groups is 1. The zero-order chi connectivity index (χ0) is 18.1. The quantitative estimate of drug-likeness (QED) is 0.739. The molecule has 0 aliphatic heterocycles. The molecule has 0 saturated heterocycles. The van der Waals surface area contributed by atoms with Crippen LogP contribution in [0.5, 0.6) is 0 Å². The minimum Gasteiger partial charge on any atom is -0.393 e. The van der Waals surface area contributed by atoms with Gasteiger partial charge in [0.25, 0.3) is 0 Å². The Morgan fingerprint density at radius 3 is 2.88 bits per heavy atom. The van der Waals surface area contributed by atoms with E-state index in [0.717, 1.165) is 22.6 Å². The van der Waals surface area contributed by atoms with E-state index in [1.807, 2.05) is 47.9 Å². The van der Waals surface area contributed by atoms with Crippen LogP contribution in [0.3, 0.4) is 0 Å². The summed E-state index contributed by atoms with van der Waals surface area (Å²) in [7, 11) is 0. The standard InChI is InChI=1S/C20H22N4O2/c1-13-5-4-8-24-15(12-22-20(13)24)11-18(26)23-19(14-9-16(25)10-14)17-6-2-3-7-21-17/h2-8,12,14,16,19,25H,9-11H2,1H3,(H,23,26)/t14?,16?,19-/m0/s1. The van der Waals surface area contributed by atoms with Crippen molar-refractivity contribution in [2.75, 3.05) is 0 Å². The third kappa shape index (κ3) is 3.20. The molecular formula is C20H22N4O2. The number of pyridine rings is 2. The van der Waals surface area contributed by atoms with E-state index in [4.69, 9.17) is 0 Å². The normalized spacial score (nSPS) is 20.5. The van der Waals surface area contributed by atoms with E-state index in [0.29, 0.717) is 12.8 Å². The summed E-state index contributed by atoms with van der Waals surface area (Å²) in [6.45, 7) is 2.01. The van der Waals surface area contributed by atoms with Gasteiger partial charge in [-0.15, -0.1) is 0 Å². The summed E-state index contributed by atoms with van der Waals surface area (Å²) >= 11 is 0. The third-order valence-electron chi connectivity index (χ3n) is 5.09. The van der Waals surface area contributed by atoms with Crippen molar-refractivity contribution in [3.63, 3.8) is 0 Å². The van der Waals surface area contributed by atoms with Crippen LogP contribution >= 0.6 is 0 Å². The van der Waals surface area contributed by atoms with Gasteiger partial charge >= 0.3 is 0 Å². The molecule has 0 spiro atoms. The van der Waals surface area contributed by atoms with Gasteiger partial charge in [0.2, 0.25) is 5.91 Å². The van der Waals surface area contributed by atoms with Crippen LogP contribution in [0.2, 0.25) is 0 Å². The van der Waals surface area contributed by atoms with Gasteiger partial charge in [0.15, 0.2) is 0 Å². The van der Waals surface area contributed by atoms with E-state index in [1.54, 1.807) is 12.4 Å². The van der Waals surface area contributed by atoms with Crippen LogP contribution in [-0.4, -0.2) is 31.5 Å². The summed E-state index contributed by atoms with van der Waals surface area (Å²) in [6.07, 6.45) is 6.78. The fourth-order valence-corrected chi connectivity index (χ4v) is 3.62. The number of imidazole rings is 1. The molecule has 6 nitrogen and oxygen atoms in total. The highest BCUT2D eigenvalue weighted by molar-refractivity contribution is 5.79. The predicted octanol–water partition coefficient (Wildman–Crippen LogP) is 2.21. The number of nitrogens with zero attached hydrogens (tertiary/aromatic N) is 3. The summed E-state index contributed by atoms with van der Waals surface area (Å²) in [5, 5.41) is 12.8. The molecule has 1 aliphatic rings. The van der Waals surface area contributed by atoms with Crippen molar-refractivity contribution in [2.45, 2.75) is 38.3 Å². The highest BCUT2D eigenvalue weighted by atomic mass is 16.3. The third-order valence-corrected chi connectivity index (χ3v) is 5.09. The predicted molar refractivity (Wildman–Crippen MR) is 97.5 cm³/mol. The number of hydrogen-bond acceptors (Lipinski definition) is 4. The molecule has 1 atom stereocenters. The first-order chi connectivity index (χ1) is 12.6. The highest BCUT2D eigenvalue weighted by Crippen LogP contribution is 2.37. The minimum atomic E-state index is -0.273. The van der Waals surface area contributed by atoms with Crippen molar-refractivity contribution in [2.24, 2.45) is 5.92 Å². The number of fused-ring (bicyclic) bond motifs is 1. The first-order valence-electron chi connectivity index (χ1n) is 8.91. The lowest BCUT2D eigenvalue weighted by molar-refractivity contribution is -0.122. The molecule has 3 aromatic rings. The number of hydrogen-bond donors (Lipinski definition) is 2. The number of aryl methyl sites for hydroxylation is 1. The number of carbonyl (C=O) groups excluding carboxylic acids is 1. The SMILES string of the molecule is Cc1cccn2c(CC(=O)N[C@H](c3ccccn3)C3CC(O)C3)cnc12. The molecule has 1 fully saturated rings. The van der Waals surface area contributed by atoms with Crippen molar-refractivity contribution < 1.29 is 9.90 Å². The molecule has 1 saturated carbocycles. The van der Waals surface area contributed by atoms with E-state index in [1.165, 1.54) is 0 Å². The van der Waals surface area contributed by atoms with Crippen LogP contribution in [0.15, 0.2) is 48.9 Å². The lowest BCUT2D eigenvalue weighted by Crippen LogP contribution is -2.42. The first kappa shape index (κ1) is 16.7. The van der Waals surface area contributed by atoms with Crippen LogP contribution < -0.4 is 5.32 Å². The van der Waals surface area contributed by atoms with E-state index in [9.17, 15) is 9.90 Å². The van der Waals surface area contributed by atoms with Gasteiger partial charge in [-0.1, -0.05) is 12.1 Å². The average Bonchev–Trinajstić information content (AvgIpc) is 3.02. The largest absolute Gasteiger partial charge is 0.393 e. The van der Waals surface area contributed by atoms with Crippen molar-refractivity contribution in [1.82, 2.24) is 19.7 Å². The van der Waals surface area contributed by atoms with E-state index in [-0.39, 0.29) is 30.4 Å². The fourth-order valence-electron chi connectivity index (χ4n) is 3.62. The fraction of sp³-hybridized carbons (Fsp3) is 0.350. The highest BCUT2D eigenvalue weighted by Gasteiger charge is 2.36. The second-order valence-electron chi connectivity index (χ2n) is 7.00. The Morgan fingerprint density at radius 1 is 1.31 bits per heavy atom. The lowest BCUT2D eigenvalue weighted by atomic mass is 9.76. The lowest BCUT2D eigenvalue weighted by Gasteiger charge is -2.37. The molecule has 0 bridgehead atoms. The van der Waals surface area contributed by atoms with Crippen LogP contribution in [0.1, 0.15) is 35.8 Å². The summed E-state index contributed by atoms with van der Waals surface area (Å²) < 4.78 is 1.96. The van der Waals surface area contributed by atoms with Gasteiger partial charge in [-0.25, -0.2) is 4.98 Å². The molecule has 1 aliphatic carbocycles. The van der Waals surface area contributed by atoms with Crippen LogP contribution in [-0.2, 0) is 11.2 Å². The van der Waals surface area contributed by atoms with Gasteiger partial charge in [0.1, 0.15) is 5.65 Å². The van der Waals surface area contributed by atoms with Gasteiger partial charge in [0.05, 0.1) is 30.0 Å². The van der Waals surface area contributed by atoms with Gasteiger partial charge in [-0.05, 0) is 49.4 Å². The molecule has 6 heteroatoms. The molecule has 0 unspecified atom stereocenters. The summed E-state index contributed by atoms with van der Waals surface area (Å²) in [4.78, 5) is 21.5. The molecule has 1 amide bonds. The average molecular weight is 350 g/mol. The van der Waals surface area contributed by atoms with Crippen molar-refractivity contribution in [3.8, 4) is 0 Å². The Hall–Kier alpha value is -2.73. The van der Waals surface area contributed by atoms with Crippen LogP contribution in [0.4, 0.5) is 0 Å². The van der Waals surface area contributed by atoms with Gasteiger partial charge in [0, 0.05) is 18.6 Å². The second kappa shape index (κ2) is 6.88. The maximum absolute atomic E-state index is 12.7. The molecule has 3 aromatic heterocycles. The first-order valence-corrected chi connectivity index (χ1v) is 8.91. The number of nitrogens with one attached hydrogen (secondary N) is 1. The Bertz CT molecular complexity index is 916. The molecule has 2 N–H and O–H groups in total. The Kier molecular flexibility index (Phi) is 4.42. The molecule has 4 rings (SSSR count). The molecular weight excluding hydrogens is 328 g/mol. The monoisotopic (exact) mass is 350 g/mol. The Morgan fingerprint density at radius 2 is 2.15 bits per heavy atom. The van der Waals surface area contributed by atoms with Crippen LogP contribution in [0.25, 0.3) is 5.65 Å². The minimum absolute atomic E-state index is 0.0645. The van der Waals surface area contributed by atoms with Gasteiger partial charge < -0.3 is 14.8 Å². The molecule has 3 heterocycles. The number of aliphatic hydroxyl groups excluding tert-OH is 1.